The summed E-state index contributed by atoms with van der Waals surface area (Å²) in [7, 11) is -0.960. The van der Waals surface area contributed by atoms with E-state index in [0.29, 0.717) is 31.2 Å². The van der Waals surface area contributed by atoms with Crippen LogP contribution in [0, 0.1) is 5.92 Å². The molecule has 0 aromatic rings. The van der Waals surface area contributed by atoms with E-state index in [9.17, 15) is 13.8 Å². The second-order valence-electron chi connectivity index (χ2n) is 4.69. The van der Waals surface area contributed by atoms with E-state index in [-0.39, 0.29) is 6.03 Å². The van der Waals surface area contributed by atoms with Crippen LogP contribution in [0.5, 0.6) is 0 Å². The fourth-order valence-corrected chi connectivity index (χ4v) is 2.41. The van der Waals surface area contributed by atoms with Crippen molar-refractivity contribution in [3.05, 3.63) is 0 Å². The Kier molecular flexibility index (Phi) is 5.58. The van der Waals surface area contributed by atoms with Gasteiger partial charge in [-0.2, -0.15) is 0 Å². The molecule has 0 radical (unpaired) electrons. The minimum Gasteiger partial charge on any atom is -0.480 e. The van der Waals surface area contributed by atoms with E-state index in [0.717, 1.165) is 6.42 Å². The lowest BCUT2D eigenvalue weighted by atomic mass is 9.93. The molecular weight excluding hydrogens is 256 g/mol. The molecule has 1 rings (SSSR count). The van der Waals surface area contributed by atoms with Gasteiger partial charge in [0.15, 0.2) is 0 Å². The largest absolute Gasteiger partial charge is 0.480 e. The summed E-state index contributed by atoms with van der Waals surface area (Å²) in [6.45, 7) is 2.75. The van der Waals surface area contributed by atoms with E-state index in [1.165, 1.54) is 4.90 Å². The van der Waals surface area contributed by atoms with Gasteiger partial charge < -0.3 is 15.3 Å². The second-order valence-corrected chi connectivity index (χ2v) is 6.24. The van der Waals surface area contributed by atoms with E-state index in [2.05, 4.69) is 5.32 Å². The predicted molar refractivity (Wildman–Crippen MR) is 68.9 cm³/mol. The average Bonchev–Trinajstić information content (AvgIpc) is 2.28. The van der Waals surface area contributed by atoms with Crippen LogP contribution in [0.25, 0.3) is 0 Å². The predicted octanol–water partition coefficient (Wildman–Crippen LogP) is 0.260. The number of hydrogen-bond donors (Lipinski definition) is 2. The van der Waals surface area contributed by atoms with Crippen LogP contribution in [0.4, 0.5) is 4.79 Å². The second kappa shape index (κ2) is 6.72. The van der Waals surface area contributed by atoms with Gasteiger partial charge in [0.2, 0.25) is 0 Å². The monoisotopic (exact) mass is 276 g/mol. The molecule has 0 aromatic carbocycles. The maximum Gasteiger partial charge on any atom is 0.326 e. The number of urea groups is 1. The third-order valence-corrected chi connectivity index (χ3v) is 3.86. The van der Waals surface area contributed by atoms with Crippen molar-refractivity contribution < 1.29 is 18.9 Å². The molecule has 7 heteroatoms. The highest BCUT2D eigenvalue weighted by atomic mass is 32.2. The topological polar surface area (TPSA) is 86.7 Å². The van der Waals surface area contributed by atoms with Crippen molar-refractivity contribution in [3.63, 3.8) is 0 Å². The Morgan fingerprint density at radius 3 is 2.72 bits per heavy atom. The van der Waals surface area contributed by atoms with E-state index in [1.54, 1.807) is 6.26 Å². The number of nitrogens with zero attached hydrogens (tertiary/aromatic N) is 1. The molecular formula is C11H20N2O4S. The van der Waals surface area contributed by atoms with Crippen molar-refractivity contribution in [2.24, 2.45) is 5.92 Å². The van der Waals surface area contributed by atoms with Crippen LogP contribution in [-0.4, -0.2) is 57.4 Å². The molecule has 3 unspecified atom stereocenters. The SMILES string of the molecule is CC1CCN(C(=O)NCCS(C)=O)C(C(=O)O)C1. The molecule has 0 aliphatic carbocycles. The van der Waals surface area contributed by atoms with Crippen LogP contribution in [-0.2, 0) is 15.6 Å². The molecule has 104 valence electrons. The highest BCUT2D eigenvalue weighted by molar-refractivity contribution is 7.84. The van der Waals surface area contributed by atoms with E-state index < -0.39 is 22.8 Å². The van der Waals surface area contributed by atoms with Gasteiger partial charge in [-0.15, -0.1) is 0 Å². The number of nitrogens with one attached hydrogen (secondary N) is 1. The number of aliphatic carboxylic acids is 1. The van der Waals surface area contributed by atoms with Crippen molar-refractivity contribution in [1.82, 2.24) is 10.2 Å². The maximum absolute atomic E-state index is 11.9. The Morgan fingerprint density at radius 1 is 1.50 bits per heavy atom. The van der Waals surface area contributed by atoms with Crippen LogP contribution < -0.4 is 5.32 Å². The summed E-state index contributed by atoms with van der Waals surface area (Å²) in [6, 6.07) is -1.12. The molecule has 1 heterocycles. The van der Waals surface area contributed by atoms with Gasteiger partial charge in [-0.3, -0.25) is 4.21 Å². The number of carbonyl (C=O) groups is 2. The zero-order chi connectivity index (χ0) is 13.7. The zero-order valence-electron chi connectivity index (χ0n) is 10.7. The van der Waals surface area contributed by atoms with Crippen molar-refractivity contribution in [2.45, 2.75) is 25.8 Å². The Morgan fingerprint density at radius 2 is 2.17 bits per heavy atom. The first-order valence-electron chi connectivity index (χ1n) is 5.99. The molecule has 0 spiro atoms. The minimum atomic E-state index is -0.962. The summed E-state index contributed by atoms with van der Waals surface area (Å²) >= 11 is 0. The number of rotatable bonds is 4. The van der Waals surface area contributed by atoms with E-state index in [4.69, 9.17) is 5.11 Å². The quantitative estimate of drug-likeness (QED) is 0.771. The van der Waals surface area contributed by atoms with Gasteiger partial charge in [0.1, 0.15) is 6.04 Å². The summed E-state index contributed by atoms with van der Waals surface area (Å²) in [5, 5.41) is 11.7. The number of hydrogen-bond acceptors (Lipinski definition) is 3. The Balaban J connectivity index is 2.53. The van der Waals surface area contributed by atoms with Crippen molar-refractivity contribution in [2.75, 3.05) is 25.1 Å². The highest BCUT2D eigenvalue weighted by Gasteiger charge is 2.34. The summed E-state index contributed by atoms with van der Waals surface area (Å²) in [5.74, 6) is -0.262. The first-order valence-corrected chi connectivity index (χ1v) is 7.71. The smallest absolute Gasteiger partial charge is 0.326 e. The Bertz CT molecular complexity index is 348. The standard InChI is InChI=1S/C11H20N2O4S/c1-8-3-5-13(9(7-8)10(14)15)11(16)12-4-6-18(2)17/h8-9H,3-7H2,1-2H3,(H,12,16)(H,14,15). The van der Waals surface area contributed by atoms with E-state index in [1.807, 2.05) is 6.92 Å². The van der Waals surface area contributed by atoms with Crippen molar-refractivity contribution in [1.29, 1.82) is 0 Å². The molecule has 0 aromatic heterocycles. The van der Waals surface area contributed by atoms with Crippen LogP contribution >= 0.6 is 0 Å². The Hall–Kier alpha value is -1.11. The van der Waals surface area contributed by atoms with Gasteiger partial charge in [-0.1, -0.05) is 6.92 Å². The number of likely N-dealkylation sites (tertiary alicyclic amines) is 1. The number of carbonyl (C=O) groups excluding carboxylic acids is 1. The van der Waals surface area contributed by atoms with Gasteiger partial charge in [-0.05, 0) is 18.8 Å². The van der Waals surface area contributed by atoms with Gasteiger partial charge in [0, 0.05) is 35.9 Å². The number of piperidine rings is 1. The van der Waals surface area contributed by atoms with Crippen molar-refractivity contribution >= 4 is 22.8 Å². The molecule has 3 atom stereocenters. The van der Waals surface area contributed by atoms with Gasteiger partial charge in [-0.25, -0.2) is 9.59 Å². The van der Waals surface area contributed by atoms with Gasteiger partial charge in [0.05, 0.1) is 0 Å². The normalized spacial score (nSPS) is 25.6. The lowest BCUT2D eigenvalue weighted by molar-refractivity contribution is -0.143. The van der Waals surface area contributed by atoms with Gasteiger partial charge in [0.25, 0.3) is 0 Å². The number of carboxylic acids is 1. The third kappa shape index (κ3) is 4.29. The number of amides is 2. The molecule has 1 saturated heterocycles. The summed E-state index contributed by atoms with van der Waals surface area (Å²) in [5.41, 5.74) is 0. The highest BCUT2D eigenvalue weighted by Crippen LogP contribution is 2.22. The fraction of sp³-hybridized carbons (Fsp3) is 0.818. The molecule has 1 aliphatic rings. The zero-order valence-corrected chi connectivity index (χ0v) is 11.5. The third-order valence-electron chi connectivity index (χ3n) is 3.08. The summed E-state index contributed by atoms with van der Waals surface area (Å²) in [4.78, 5) is 24.3. The average molecular weight is 276 g/mol. The molecule has 1 aliphatic heterocycles. The lowest BCUT2D eigenvalue weighted by Gasteiger charge is -2.35. The molecule has 1 fully saturated rings. The molecule has 18 heavy (non-hydrogen) atoms. The lowest BCUT2D eigenvalue weighted by Crippen LogP contribution is -2.53. The molecule has 0 saturated carbocycles. The first-order chi connectivity index (χ1) is 8.41. The molecule has 2 amide bonds. The molecule has 0 bridgehead atoms. The fourth-order valence-electron chi connectivity index (χ4n) is 2.02. The van der Waals surface area contributed by atoms with Crippen LogP contribution in [0.3, 0.4) is 0 Å². The minimum absolute atomic E-state index is 0.306. The first kappa shape index (κ1) is 14.9. The summed E-state index contributed by atoms with van der Waals surface area (Å²) in [6.07, 6.45) is 2.87. The Labute approximate surface area is 109 Å². The summed E-state index contributed by atoms with van der Waals surface area (Å²) < 4.78 is 10.9. The van der Waals surface area contributed by atoms with E-state index >= 15 is 0 Å². The number of carboxylic acid groups (broad SMARTS) is 1. The van der Waals surface area contributed by atoms with Gasteiger partial charge >= 0.3 is 12.0 Å². The van der Waals surface area contributed by atoms with Crippen LogP contribution in [0.1, 0.15) is 19.8 Å². The van der Waals surface area contributed by atoms with Crippen LogP contribution in [0.15, 0.2) is 0 Å². The molecule has 6 nitrogen and oxygen atoms in total. The van der Waals surface area contributed by atoms with Crippen LogP contribution in [0.2, 0.25) is 0 Å². The molecule has 2 N–H and O–H groups in total. The maximum atomic E-state index is 11.9. The van der Waals surface area contributed by atoms with Crippen molar-refractivity contribution in [3.8, 4) is 0 Å².